The van der Waals surface area contributed by atoms with Crippen molar-refractivity contribution in [3.63, 3.8) is 0 Å². The lowest BCUT2D eigenvalue weighted by molar-refractivity contribution is -0.149. The number of aromatic nitrogens is 2. The largest absolute Gasteiger partial charge is 0.464 e. The number of carbonyl (C=O) groups excluding carboxylic acids is 2. The number of hydrogen-bond donors (Lipinski definition) is 0. The Labute approximate surface area is 209 Å². The molecule has 0 aliphatic carbocycles. The molecule has 0 aliphatic heterocycles. The van der Waals surface area contributed by atoms with Crippen LogP contribution in [0, 0.1) is 11.8 Å². The molecule has 0 spiro atoms. The average molecular weight is 490 g/mol. The Morgan fingerprint density at radius 3 is 2.51 bits per heavy atom. The van der Waals surface area contributed by atoms with Crippen LogP contribution < -0.4 is 0 Å². The molecule has 2 rings (SSSR count). The van der Waals surface area contributed by atoms with E-state index >= 15 is 0 Å². The predicted molar refractivity (Wildman–Crippen MR) is 137 cm³/mol. The highest BCUT2D eigenvalue weighted by Gasteiger charge is 2.34. The van der Waals surface area contributed by atoms with E-state index in [2.05, 4.69) is 37.1 Å². The molecule has 35 heavy (non-hydrogen) atoms. The summed E-state index contributed by atoms with van der Waals surface area (Å²) in [7, 11) is 3.31. The average Bonchev–Trinajstić information content (AvgIpc) is 3.17. The Morgan fingerprint density at radius 2 is 1.91 bits per heavy atom. The predicted octanol–water partition coefficient (Wildman–Crippen LogP) is 5.08. The van der Waals surface area contributed by atoms with Crippen LogP contribution in [0.3, 0.4) is 0 Å². The van der Waals surface area contributed by atoms with Gasteiger partial charge in [-0.25, -0.2) is 9.59 Å². The summed E-state index contributed by atoms with van der Waals surface area (Å²) in [6, 6.07) is 5.68. The number of hydrogen-bond acceptors (Lipinski definition) is 6. The van der Waals surface area contributed by atoms with Gasteiger partial charge in [-0.3, -0.25) is 9.58 Å². The molecule has 8 heteroatoms. The van der Waals surface area contributed by atoms with Gasteiger partial charge in [-0.05, 0) is 70.4 Å². The van der Waals surface area contributed by atoms with Gasteiger partial charge in [0.15, 0.2) is 0 Å². The summed E-state index contributed by atoms with van der Waals surface area (Å²) >= 11 is 0. The van der Waals surface area contributed by atoms with E-state index in [0.717, 1.165) is 30.3 Å². The topological polar surface area (TPSA) is 82.9 Å². The minimum Gasteiger partial charge on any atom is -0.464 e. The van der Waals surface area contributed by atoms with Gasteiger partial charge in [-0.15, -0.1) is 0 Å². The number of benzene rings is 1. The highest BCUT2D eigenvalue weighted by molar-refractivity contribution is 5.81. The van der Waals surface area contributed by atoms with E-state index in [1.807, 2.05) is 31.6 Å². The van der Waals surface area contributed by atoms with Crippen LogP contribution in [0.25, 0.3) is 10.9 Å². The second-order valence-electron chi connectivity index (χ2n) is 10.4. The van der Waals surface area contributed by atoms with Crippen LogP contribution >= 0.6 is 0 Å². The fourth-order valence-electron chi connectivity index (χ4n) is 4.07. The second kappa shape index (κ2) is 12.9. The van der Waals surface area contributed by atoms with Crippen LogP contribution in [0.5, 0.6) is 0 Å². The number of ether oxygens (including phenoxy) is 3. The van der Waals surface area contributed by atoms with Crippen LogP contribution in [-0.2, 0) is 32.0 Å². The Bertz CT molecular complexity index is 963. The van der Waals surface area contributed by atoms with Gasteiger partial charge in [0.2, 0.25) is 0 Å². The molecule has 0 aliphatic rings. The third kappa shape index (κ3) is 8.53. The molecule has 196 valence electrons. The fraction of sp³-hybridized carbons (Fsp3) is 0.667. The molecule has 0 bridgehead atoms. The summed E-state index contributed by atoms with van der Waals surface area (Å²) in [4.78, 5) is 27.0. The number of aryl methyl sites for hydroxylation is 1. The Kier molecular flexibility index (Phi) is 10.6. The molecular formula is C27H43N3O5. The van der Waals surface area contributed by atoms with Crippen LogP contribution in [0.15, 0.2) is 24.4 Å². The van der Waals surface area contributed by atoms with Crippen molar-refractivity contribution in [3.8, 4) is 0 Å². The number of nitrogens with zero attached hydrogens (tertiary/aromatic N) is 3. The van der Waals surface area contributed by atoms with E-state index in [-0.39, 0.29) is 12.5 Å². The zero-order valence-corrected chi connectivity index (χ0v) is 22.7. The van der Waals surface area contributed by atoms with Crippen molar-refractivity contribution in [2.45, 2.75) is 79.0 Å². The van der Waals surface area contributed by atoms with Gasteiger partial charge in [-0.1, -0.05) is 26.0 Å². The normalized spacial score (nSPS) is 13.6. The number of esters is 1. The summed E-state index contributed by atoms with van der Waals surface area (Å²) in [5, 5.41) is 5.63. The molecule has 2 aromatic rings. The smallest absolute Gasteiger partial charge is 0.410 e. The van der Waals surface area contributed by atoms with Crippen LogP contribution in [-0.4, -0.2) is 65.8 Å². The number of methoxy groups -OCH3 is 1. The summed E-state index contributed by atoms with van der Waals surface area (Å²) in [5.41, 5.74) is 1.62. The van der Waals surface area contributed by atoms with Crippen molar-refractivity contribution in [2.75, 3.05) is 27.4 Å². The minimum atomic E-state index is -0.722. The maximum Gasteiger partial charge on any atom is 0.410 e. The minimum absolute atomic E-state index is 0.150. The highest BCUT2D eigenvalue weighted by Crippen LogP contribution is 2.27. The number of carbonyl (C=O) groups is 2. The van der Waals surface area contributed by atoms with Crippen molar-refractivity contribution in [3.05, 3.63) is 30.0 Å². The molecule has 8 nitrogen and oxygen atoms in total. The third-order valence-corrected chi connectivity index (χ3v) is 6.10. The maximum absolute atomic E-state index is 12.9. The quantitative estimate of drug-likeness (QED) is 0.306. The first-order valence-corrected chi connectivity index (χ1v) is 12.5. The van der Waals surface area contributed by atoms with Gasteiger partial charge in [-0.2, -0.15) is 5.10 Å². The van der Waals surface area contributed by atoms with Crippen LogP contribution in [0.2, 0.25) is 0 Å². The Balaban J connectivity index is 2.25. The van der Waals surface area contributed by atoms with E-state index in [9.17, 15) is 9.59 Å². The van der Waals surface area contributed by atoms with Crippen molar-refractivity contribution in [2.24, 2.45) is 11.8 Å². The third-order valence-electron chi connectivity index (χ3n) is 6.10. The molecule has 0 unspecified atom stereocenters. The van der Waals surface area contributed by atoms with E-state index in [1.165, 1.54) is 10.5 Å². The number of rotatable bonds is 12. The first kappa shape index (κ1) is 28.6. The molecule has 1 amide bonds. The molecule has 1 aromatic carbocycles. The van der Waals surface area contributed by atoms with Gasteiger partial charge >= 0.3 is 12.1 Å². The molecule has 0 saturated heterocycles. The zero-order chi connectivity index (χ0) is 26.2. The molecule has 0 N–H and O–H groups in total. The number of fused-ring (bicyclic) bond motifs is 1. The van der Waals surface area contributed by atoms with Gasteiger partial charge in [0.1, 0.15) is 11.6 Å². The maximum atomic E-state index is 12.9. The highest BCUT2D eigenvalue weighted by atomic mass is 16.6. The van der Waals surface area contributed by atoms with Crippen LogP contribution in [0.4, 0.5) is 4.79 Å². The summed E-state index contributed by atoms with van der Waals surface area (Å²) in [6.45, 7) is 13.2. The molecule has 1 aromatic heterocycles. The number of amides is 1. The Hall–Kier alpha value is -2.61. The van der Waals surface area contributed by atoms with Gasteiger partial charge in [0.25, 0.3) is 0 Å². The van der Waals surface area contributed by atoms with Crippen LogP contribution in [0.1, 0.15) is 59.9 Å². The molecule has 0 fully saturated rings. The number of likely N-dealkylation sites (N-methyl/N-ethyl adjacent to an activating group) is 1. The van der Waals surface area contributed by atoms with E-state index in [1.54, 1.807) is 21.1 Å². The van der Waals surface area contributed by atoms with E-state index in [0.29, 0.717) is 18.9 Å². The lowest BCUT2D eigenvalue weighted by atomic mass is 9.83. The Morgan fingerprint density at radius 1 is 1.20 bits per heavy atom. The van der Waals surface area contributed by atoms with Gasteiger partial charge < -0.3 is 14.2 Å². The van der Waals surface area contributed by atoms with Crippen molar-refractivity contribution >= 4 is 23.0 Å². The van der Waals surface area contributed by atoms with Crippen molar-refractivity contribution in [1.29, 1.82) is 0 Å². The monoisotopic (exact) mass is 489 g/mol. The summed E-state index contributed by atoms with van der Waals surface area (Å²) < 4.78 is 18.0. The molecule has 1 heterocycles. The molecule has 2 atom stereocenters. The van der Waals surface area contributed by atoms with E-state index in [4.69, 9.17) is 14.2 Å². The standard InChI is InChI=1S/C27H43N3O5/c1-9-34-25(31)24(29(7)26(32)35-27(4,5)6)17-22(19(2)3)15-20-11-12-21-18-28-30(23(21)16-20)13-10-14-33-8/h11-12,16,18-19,22,24H,9-10,13-15,17H2,1-8H3/t22-,24-/m0/s1. The molecular weight excluding hydrogens is 446 g/mol. The van der Waals surface area contributed by atoms with Gasteiger partial charge in [0, 0.05) is 32.7 Å². The van der Waals surface area contributed by atoms with E-state index < -0.39 is 23.7 Å². The first-order chi connectivity index (χ1) is 16.5. The van der Waals surface area contributed by atoms with Crippen molar-refractivity contribution < 1.29 is 23.8 Å². The summed E-state index contributed by atoms with van der Waals surface area (Å²) in [6.07, 6.45) is 3.51. The van der Waals surface area contributed by atoms with Gasteiger partial charge in [0.05, 0.1) is 18.3 Å². The fourth-order valence-corrected chi connectivity index (χ4v) is 4.07. The molecule has 0 saturated carbocycles. The zero-order valence-electron chi connectivity index (χ0n) is 22.7. The first-order valence-electron chi connectivity index (χ1n) is 12.5. The second-order valence-corrected chi connectivity index (χ2v) is 10.4. The van der Waals surface area contributed by atoms with Crippen molar-refractivity contribution in [1.82, 2.24) is 14.7 Å². The lowest BCUT2D eigenvalue weighted by Crippen LogP contribution is -2.47. The molecule has 0 radical (unpaired) electrons. The lowest BCUT2D eigenvalue weighted by Gasteiger charge is -2.32. The SMILES string of the molecule is CCOC(=O)[C@H](C[C@H](Cc1ccc2cnn(CCCOC)c2c1)C(C)C)N(C)C(=O)OC(C)(C)C. The summed E-state index contributed by atoms with van der Waals surface area (Å²) in [5.74, 6) is 0.0380.